The van der Waals surface area contributed by atoms with Gasteiger partial charge in [-0.05, 0) is 85.9 Å². The first kappa shape index (κ1) is 27.7. The largest absolute Gasteiger partial charge is 0.264 e. The van der Waals surface area contributed by atoms with E-state index in [-0.39, 0.29) is 0 Å². The molecule has 0 atom stereocenters. The Kier molecular flexibility index (Phi) is 9.11. The standard InChI is InChI=1S/C38H37NS2/c1-2-3-4-5-6-7-8-9-10-11-12-13-28-17-20-33-35(25-28)40-38-34-21-18-30(26-36(34)41-37(33)38)15-14-29-16-19-32-27-39-23-22-31(32)24-29/h7-8,16-27H,2-6,9-13H2,1H3/b8-7+. The minimum Gasteiger partial charge on any atom is -0.264 e. The van der Waals surface area contributed by atoms with Crippen molar-refractivity contribution in [3.8, 4) is 11.8 Å². The van der Waals surface area contributed by atoms with Crippen LogP contribution in [0.1, 0.15) is 81.4 Å². The molecule has 0 saturated carbocycles. The molecule has 0 bridgehead atoms. The van der Waals surface area contributed by atoms with Crippen molar-refractivity contribution >= 4 is 63.0 Å². The van der Waals surface area contributed by atoms with Crippen LogP contribution in [0.2, 0.25) is 0 Å². The summed E-state index contributed by atoms with van der Waals surface area (Å²) in [4.78, 5) is 4.20. The highest BCUT2D eigenvalue weighted by molar-refractivity contribution is 7.36. The predicted molar refractivity (Wildman–Crippen MR) is 183 cm³/mol. The molecule has 1 nitrogen and oxygen atoms in total. The highest BCUT2D eigenvalue weighted by atomic mass is 32.1. The zero-order valence-corrected chi connectivity index (χ0v) is 25.6. The Morgan fingerprint density at radius 3 is 2.12 bits per heavy atom. The quantitative estimate of drug-likeness (QED) is 0.0856. The Bertz CT molecular complexity index is 1870. The summed E-state index contributed by atoms with van der Waals surface area (Å²) < 4.78 is 5.58. The van der Waals surface area contributed by atoms with E-state index in [1.165, 1.54) is 105 Å². The molecule has 0 spiro atoms. The van der Waals surface area contributed by atoms with E-state index < -0.39 is 0 Å². The third-order valence-corrected chi connectivity index (χ3v) is 10.4. The van der Waals surface area contributed by atoms with Crippen LogP contribution in [0.5, 0.6) is 0 Å². The van der Waals surface area contributed by atoms with Crippen molar-refractivity contribution in [1.82, 2.24) is 4.98 Å². The molecule has 0 aliphatic carbocycles. The van der Waals surface area contributed by atoms with Gasteiger partial charge in [0.05, 0.1) is 9.40 Å². The highest BCUT2D eigenvalue weighted by Crippen LogP contribution is 2.44. The summed E-state index contributed by atoms with van der Waals surface area (Å²) in [5.74, 6) is 6.74. The van der Waals surface area contributed by atoms with E-state index >= 15 is 0 Å². The molecule has 0 saturated heterocycles. The number of hydrogen-bond donors (Lipinski definition) is 0. The molecule has 3 aromatic carbocycles. The van der Waals surface area contributed by atoms with Crippen LogP contribution >= 0.6 is 22.7 Å². The van der Waals surface area contributed by atoms with E-state index in [4.69, 9.17) is 0 Å². The fourth-order valence-corrected chi connectivity index (χ4v) is 8.29. The molecule has 0 N–H and O–H groups in total. The lowest BCUT2D eigenvalue weighted by Crippen LogP contribution is -1.85. The minimum atomic E-state index is 1.03. The number of allylic oxidation sites excluding steroid dienone is 2. The van der Waals surface area contributed by atoms with Crippen molar-refractivity contribution in [2.75, 3.05) is 0 Å². The smallest absolute Gasteiger partial charge is 0.0542 e. The number of benzene rings is 3. The average Bonchev–Trinajstić information content (AvgIpc) is 3.54. The van der Waals surface area contributed by atoms with Crippen LogP contribution in [0, 0.1) is 11.8 Å². The second-order valence-electron chi connectivity index (χ2n) is 11.0. The Hall–Kier alpha value is -3.45. The molecule has 0 aliphatic rings. The third-order valence-electron chi connectivity index (χ3n) is 7.87. The number of aryl methyl sites for hydroxylation is 1. The van der Waals surface area contributed by atoms with Crippen LogP contribution in [0.15, 0.2) is 85.2 Å². The second kappa shape index (κ2) is 13.5. The Balaban J connectivity index is 1.08. The zero-order valence-electron chi connectivity index (χ0n) is 23.9. The lowest BCUT2D eigenvalue weighted by Gasteiger charge is -2.02. The molecule has 6 aromatic rings. The molecule has 0 fully saturated rings. The van der Waals surface area contributed by atoms with Gasteiger partial charge in [0, 0.05) is 49.1 Å². The van der Waals surface area contributed by atoms with Crippen LogP contribution < -0.4 is 0 Å². The molecule has 0 amide bonds. The number of nitrogens with zero attached hydrogens (tertiary/aromatic N) is 1. The van der Waals surface area contributed by atoms with Gasteiger partial charge in [0.1, 0.15) is 0 Å². The van der Waals surface area contributed by atoms with Crippen LogP contribution in [-0.2, 0) is 6.42 Å². The Morgan fingerprint density at radius 2 is 1.34 bits per heavy atom. The maximum atomic E-state index is 4.20. The van der Waals surface area contributed by atoms with Gasteiger partial charge in [-0.15, -0.1) is 22.7 Å². The molecule has 6 rings (SSSR count). The molecule has 206 valence electrons. The average molecular weight is 572 g/mol. The summed E-state index contributed by atoms with van der Waals surface area (Å²) in [6.45, 7) is 2.28. The van der Waals surface area contributed by atoms with E-state index in [1.54, 1.807) is 0 Å². The number of thiophene rings is 2. The molecule has 3 heteroatoms. The van der Waals surface area contributed by atoms with Gasteiger partial charge >= 0.3 is 0 Å². The molecular weight excluding hydrogens is 535 g/mol. The zero-order chi connectivity index (χ0) is 27.9. The molecule has 41 heavy (non-hydrogen) atoms. The van der Waals surface area contributed by atoms with E-state index in [0.29, 0.717) is 0 Å². The number of rotatable bonds is 11. The van der Waals surface area contributed by atoms with Gasteiger partial charge in [0.15, 0.2) is 0 Å². The number of pyridine rings is 1. The number of hydrogen-bond acceptors (Lipinski definition) is 3. The van der Waals surface area contributed by atoms with Gasteiger partial charge in [-0.1, -0.05) is 80.9 Å². The maximum Gasteiger partial charge on any atom is 0.0542 e. The van der Waals surface area contributed by atoms with E-state index in [1.807, 2.05) is 41.1 Å². The summed E-state index contributed by atoms with van der Waals surface area (Å²) in [5, 5.41) is 5.07. The van der Waals surface area contributed by atoms with Gasteiger partial charge in [-0.3, -0.25) is 4.98 Å². The fraction of sp³-hybridized carbons (Fsp3) is 0.289. The van der Waals surface area contributed by atoms with Crippen LogP contribution in [0.4, 0.5) is 0 Å². The van der Waals surface area contributed by atoms with Gasteiger partial charge in [-0.2, -0.15) is 0 Å². The van der Waals surface area contributed by atoms with Crippen LogP contribution in [0.25, 0.3) is 40.3 Å². The number of aromatic nitrogens is 1. The molecule has 3 heterocycles. The molecule has 0 radical (unpaired) electrons. The normalized spacial score (nSPS) is 11.7. The number of unbranched alkanes of at least 4 members (excludes halogenated alkanes) is 7. The van der Waals surface area contributed by atoms with Crippen LogP contribution in [0.3, 0.4) is 0 Å². The summed E-state index contributed by atoms with van der Waals surface area (Å²) >= 11 is 3.86. The summed E-state index contributed by atoms with van der Waals surface area (Å²) in [7, 11) is 0. The van der Waals surface area contributed by atoms with Crippen molar-refractivity contribution in [2.24, 2.45) is 0 Å². The second-order valence-corrected chi connectivity index (χ2v) is 13.1. The Labute approximate surface area is 251 Å². The maximum absolute atomic E-state index is 4.20. The highest BCUT2D eigenvalue weighted by Gasteiger charge is 2.12. The molecule has 0 aliphatic heterocycles. The predicted octanol–water partition coefficient (Wildman–Crippen LogP) is 11.8. The van der Waals surface area contributed by atoms with Crippen molar-refractivity contribution in [2.45, 2.75) is 71.1 Å². The molecule has 0 unspecified atom stereocenters. The first-order valence-corrected chi connectivity index (χ1v) is 16.8. The van der Waals surface area contributed by atoms with Gasteiger partial charge < -0.3 is 0 Å². The molecule has 3 aromatic heterocycles. The van der Waals surface area contributed by atoms with Crippen molar-refractivity contribution in [3.63, 3.8) is 0 Å². The Morgan fingerprint density at radius 1 is 0.659 bits per heavy atom. The SMILES string of the molecule is CCCCCC/C=C/CCCCCc1ccc2c(c1)sc1c3ccc(C#Cc4ccc5cnccc5c4)cc3sc21. The molecular formula is C38H37NS2. The summed E-state index contributed by atoms with van der Waals surface area (Å²) in [6.07, 6.45) is 21.5. The lowest BCUT2D eigenvalue weighted by atomic mass is 10.0. The fourth-order valence-electron chi connectivity index (χ4n) is 5.53. The van der Waals surface area contributed by atoms with Crippen molar-refractivity contribution in [3.05, 3.63) is 102 Å². The first-order valence-electron chi connectivity index (χ1n) is 15.2. The number of fused-ring (bicyclic) bond motifs is 6. The summed E-state index contributed by atoms with van der Waals surface area (Å²) in [6, 6.07) is 22.2. The third kappa shape index (κ3) is 6.72. The van der Waals surface area contributed by atoms with E-state index in [2.05, 4.69) is 90.5 Å². The topological polar surface area (TPSA) is 12.9 Å². The van der Waals surface area contributed by atoms with E-state index in [0.717, 1.165) is 16.5 Å². The van der Waals surface area contributed by atoms with Gasteiger partial charge in [0.25, 0.3) is 0 Å². The van der Waals surface area contributed by atoms with Crippen molar-refractivity contribution in [1.29, 1.82) is 0 Å². The van der Waals surface area contributed by atoms with Crippen molar-refractivity contribution < 1.29 is 0 Å². The van der Waals surface area contributed by atoms with Gasteiger partial charge in [-0.25, -0.2) is 0 Å². The monoisotopic (exact) mass is 571 g/mol. The summed E-state index contributed by atoms with van der Waals surface area (Å²) in [5.41, 5.74) is 3.57. The van der Waals surface area contributed by atoms with Gasteiger partial charge in [0.2, 0.25) is 0 Å². The lowest BCUT2D eigenvalue weighted by molar-refractivity contribution is 0.669. The minimum absolute atomic E-state index is 1.03. The van der Waals surface area contributed by atoms with E-state index in [9.17, 15) is 0 Å². The first-order chi connectivity index (χ1) is 20.3. The van der Waals surface area contributed by atoms with Crippen LogP contribution in [-0.4, -0.2) is 4.98 Å².